The summed E-state index contributed by atoms with van der Waals surface area (Å²) in [5.74, 6) is 0.390. The van der Waals surface area contributed by atoms with Crippen molar-refractivity contribution in [3.05, 3.63) is 52.9 Å². The molecule has 0 saturated carbocycles. The largest absolute Gasteiger partial charge is 0.366 e. The van der Waals surface area contributed by atoms with Crippen molar-refractivity contribution < 1.29 is 9.32 Å². The third kappa shape index (κ3) is 2.95. The van der Waals surface area contributed by atoms with Crippen molar-refractivity contribution in [2.45, 2.75) is 20.0 Å². The number of nitrogens with zero attached hydrogens (tertiary/aromatic N) is 1. The van der Waals surface area contributed by atoms with Crippen LogP contribution in [0, 0.1) is 6.92 Å². The fourth-order valence-electron chi connectivity index (χ4n) is 1.70. The van der Waals surface area contributed by atoms with E-state index in [1.165, 1.54) is 0 Å². The first-order valence-corrected chi connectivity index (χ1v) is 5.66. The third-order valence-electron chi connectivity index (χ3n) is 2.73. The van der Waals surface area contributed by atoms with Crippen molar-refractivity contribution >= 4 is 5.91 Å². The molecule has 3 N–H and O–H groups in total. The molecule has 5 nitrogen and oxygen atoms in total. The van der Waals surface area contributed by atoms with Crippen LogP contribution < -0.4 is 11.1 Å². The maximum atomic E-state index is 11.0. The van der Waals surface area contributed by atoms with E-state index in [1.807, 2.05) is 19.1 Å². The first-order valence-electron chi connectivity index (χ1n) is 5.66. The molecular weight excluding hydrogens is 230 g/mol. The van der Waals surface area contributed by atoms with Crippen LogP contribution >= 0.6 is 0 Å². The summed E-state index contributed by atoms with van der Waals surface area (Å²) in [5, 5.41) is 6.87. The molecule has 0 radical (unpaired) electrons. The molecule has 94 valence electrons. The maximum absolute atomic E-state index is 11.0. The minimum absolute atomic E-state index is 0.403. The van der Waals surface area contributed by atoms with Crippen LogP contribution in [-0.4, -0.2) is 11.1 Å². The summed E-state index contributed by atoms with van der Waals surface area (Å²) < 4.78 is 4.98. The lowest BCUT2D eigenvalue weighted by atomic mass is 10.0. The van der Waals surface area contributed by atoms with E-state index in [1.54, 1.807) is 18.3 Å². The lowest BCUT2D eigenvalue weighted by molar-refractivity contribution is 0.1000. The van der Waals surface area contributed by atoms with Crippen LogP contribution in [-0.2, 0) is 13.1 Å². The SMILES string of the molecule is Cc1cc(C(N)=O)ccc1CNCc1ccno1. The number of rotatable bonds is 5. The van der Waals surface area contributed by atoms with Crippen molar-refractivity contribution in [2.24, 2.45) is 5.73 Å². The highest BCUT2D eigenvalue weighted by Crippen LogP contribution is 2.11. The van der Waals surface area contributed by atoms with E-state index in [0.29, 0.717) is 18.7 Å². The van der Waals surface area contributed by atoms with Crippen LogP contribution in [0.2, 0.25) is 0 Å². The number of carbonyl (C=O) groups is 1. The van der Waals surface area contributed by atoms with E-state index in [0.717, 1.165) is 16.9 Å². The fourth-order valence-corrected chi connectivity index (χ4v) is 1.70. The molecule has 0 aliphatic rings. The summed E-state index contributed by atoms with van der Waals surface area (Å²) in [5.41, 5.74) is 7.92. The summed E-state index contributed by atoms with van der Waals surface area (Å²) in [6.07, 6.45) is 1.61. The van der Waals surface area contributed by atoms with E-state index in [2.05, 4.69) is 10.5 Å². The van der Waals surface area contributed by atoms with Crippen LogP contribution in [0.15, 0.2) is 35.0 Å². The number of nitrogens with two attached hydrogens (primary N) is 1. The Labute approximate surface area is 105 Å². The zero-order chi connectivity index (χ0) is 13.0. The predicted octanol–water partition coefficient (Wildman–Crippen LogP) is 1.37. The normalized spacial score (nSPS) is 10.5. The Morgan fingerprint density at radius 3 is 2.83 bits per heavy atom. The summed E-state index contributed by atoms with van der Waals surface area (Å²) in [4.78, 5) is 11.0. The van der Waals surface area contributed by atoms with Gasteiger partial charge >= 0.3 is 0 Å². The molecule has 1 heterocycles. The molecular formula is C13H15N3O2. The molecule has 1 amide bonds. The number of carbonyl (C=O) groups excluding carboxylic acids is 1. The number of hydrogen-bond donors (Lipinski definition) is 2. The average molecular weight is 245 g/mol. The molecule has 0 aliphatic heterocycles. The second kappa shape index (κ2) is 5.46. The topological polar surface area (TPSA) is 81.2 Å². The van der Waals surface area contributed by atoms with Gasteiger partial charge in [0, 0.05) is 18.2 Å². The predicted molar refractivity (Wildman–Crippen MR) is 66.7 cm³/mol. The standard InChI is InChI=1S/C13H15N3O2/c1-9-6-10(13(14)17)2-3-11(9)7-15-8-12-4-5-16-18-12/h2-6,15H,7-8H2,1H3,(H2,14,17). The molecule has 0 saturated heterocycles. The molecule has 0 fully saturated rings. The van der Waals surface area contributed by atoms with Gasteiger partial charge in [-0.25, -0.2) is 0 Å². The highest BCUT2D eigenvalue weighted by molar-refractivity contribution is 5.93. The highest BCUT2D eigenvalue weighted by Gasteiger charge is 2.04. The summed E-state index contributed by atoms with van der Waals surface area (Å²) in [6, 6.07) is 7.26. The number of benzene rings is 1. The van der Waals surface area contributed by atoms with E-state index < -0.39 is 5.91 Å². The van der Waals surface area contributed by atoms with E-state index >= 15 is 0 Å². The fraction of sp³-hybridized carbons (Fsp3) is 0.231. The Kier molecular flexibility index (Phi) is 3.74. The molecule has 2 aromatic rings. The van der Waals surface area contributed by atoms with Gasteiger partial charge in [-0.2, -0.15) is 0 Å². The minimum atomic E-state index is -0.403. The zero-order valence-electron chi connectivity index (χ0n) is 10.1. The number of hydrogen-bond acceptors (Lipinski definition) is 4. The molecule has 2 rings (SSSR count). The van der Waals surface area contributed by atoms with E-state index in [9.17, 15) is 4.79 Å². The van der Waals surface area contributed by atoms with Gasteiger partial charge in [0.2, 0.25) is 5.91 Å². The van der Waals surface area contributed by atoms with E-state index in [-0.39, 0.29) is 0 Å². The van der Waals surface area contributed by atoms with Crippen LogP contribution in [0.3, 0.4) is 0 Å². The van der Waals surface area contributed by atoms with Crippen LogP contribution in [0.25, 0.3) is 0 Å². The quantitative estimate of drug-likeness (QED) is 0.833. The minimum Gasteiger partial charge on any atom is -0.366 e. The maximum Gasteiger partial charge on any atom is 0.248 e. The molecule has 18 heavy (non-hydrogen) atoms. The number of primary amides is 1. The molecule has 0 bridgehead atoms. The second-order valence-electron chi connectivity index (χ2n) is 4.09. The molecule has 0 spiro atoms. The van der Waals surface area contributed by atoms with Gasteiger partial charge in [0.1, 0.15) is 5.76 Å². The summed E-state index contributed by atoms with van der Waals surface area (Å²) in [7, 11) is 0. The lowest BCUT2D eigenvalue weighted by Gasteiger charge is -2.07. The van der Waals surface area contributed by atoms with Gasteiger partial charge in [-0.05, 0) is 30.2 Å². The number of aryl methyl sites for hydroxylation is 1. The van der Waals surface area contributed by atoms with Crippen molar-refractivity contribution in [3.63, 3.8) is 0 Å². The first kappa shape index (κ1) is 12.3. The molecule has 0 aliphatic carbocycles. The van der Waals surface area contributed by atoms with Crippen molar-refractivity contribution in [1.82, 2.24) is 10.5 Å². The number of aromatic nitrogens is 1. The molecule has 0 unspecified atom stereocenters. The Morgan fingerprint density at radius 1 is 1.39 bits per heavy atom. The Balaban J connectivity index is 1.95. The van der Waals surface area contributed by atoms with Crippen LogP contribution in [0.5, 0.6) is 0 Å². The van der Waals surface area contributed by atoms with Crippen molar-refractivity contribution in [3.8, 4) is 0 Å². The zero-order valence-corrected chi connectivity index (χ0v) is 10.1. The lowest BCUT2D eigenvalue weighted by Crippen LogP contribution is -2.15. The van der Waals surface area contributed by atoms with Gasteiger partial charge in [-0.3, -0.25) is 4.79 Å². The average Bonchev–Trinajstić information content (AvgIpc) is 2.84. The Bertz CT molecular complexity index is 535. The Morgan fingerprint density at radius 2 is 2.22 bits per heavy atom. The van der Waals surface area contributed by atoms with Gasteiger partial charge in [0.25, 0.3) is 0 Å². The first-order chi connectivity index (χ1) is 8.66. The van der Waals surface area contributed by atoms with Crippen LogP contribution in [0.1, 0.15) is 27.2 Å². The third-order valence-corrected chi connectivity index (χ3v) is 2.73. The van der Waals surface area contributed by atoms with Crippen LogP contribution in [0.4, 0.5) is 0 Å². The van der Waals surface area contributed by atoms with Gasteiger partial charge in [0.05, 0.1) is 12.7 Å². The smallest absolute Gasteiger partial charge is 0.248 e. The monoisotopic (exact) mass is 245 g/mol. The van der Waals surface area contributed by atoms with Gasteiger partial charge in [0.15, 0.2) is 0 Å². The summed E-state index contributed by atoms with van der Waals surface area (Å²) >= 11 is 0. The van der Waals surface area contributed by atoms with Crippen molar-refractivity contribution in [2.75, 3.05) is 0 Å². The van der Waals surface area contributed by atoms with Gasteiger partial charge < -0.3 is 15.6 Å². The molecule has 5 heteroatoms. The Hall–Kier alpha value is -2.14. The molecule has 1 aromatic heterocycles. The summed E-state index contributed by atoms with van der Waals surface area (Å²) in [6.45, 7) is 3.28. The second-order valence-corrected chi connectivity index (χ2v) is 4.09. The van der Waals surface area contributed by atoms with E-state index in [4.69, 9.17) is 10.3 Å². The van der Waals surface area contributed by atoms with Crippen molar-refractivity contribution in [1.29, 1.82) is 0 Å². The molecule has 0 atom stereocenters. The highest BCUT2D eigenvalue weighted by atomic mass is 16.5. The number of nitrogens with one attached hydrogen (secondary N) is 1. The van der Waals surface area contributed by atoms with Gasteiger partial charge in [-0.1, -0.05) is 11.2 Å². The van der Waals surface area contributed by atoms with Gasteiger partial charge in [-0.15, -0.1) is 0 Å². The molecule has 1 aromatic carbocycles. The number of amides is 1.